The number of amidine groups is 1. The standard InChI is InChI=1S/C21H20F2N6OS/c22-21(23,15-6-5-13-3-1-2-4-14(13)11-15)17-16(12-24)20(29-7-9-30-10-8-29)31-18(17)19(27-25)28-26/h1-6,11H,7-10,25-26H2,(H,27,28). The monoisotopic (exact) mass is 442 g/mol. The molecule has 0 bridgehead atoms. The number of hydrogen-bond donors (Lipinski definition) is 3. The van der Waals surface area contributed by atoms with Crippen LogP contribution in [-0.4, -0.2) is 32.1 Å². The second kappa shape index (κ2) is 8.47. The number of nitrogens with one attached hydrogen (secondary N) is 1. The summed E-state index contributed by atoms with van der Waals surface area (Å²) in [6.45, 7) is 1.87. The van der Waals surface area contributed by atoms with Gasteiger partial charge in [-0.1, -0.05) is 36.4 Å². The highest BCUT2D eigenvalue weighted by molar-refractivity contribution is 7.18. The molecule has 31 heavy (non-hydrogen) atoms. The molecule has 5 N–H and O–H groups in total. The predicted octanol–water partition coefficient (Wildman–Crippen LogP) is 2.83. The summed E-state index contributed by atoms with van der Waals surface area (Å²) in [5.74, 6) is 7.31. The van der Waals surface area contributed by atoms with Gasteiger partial charge in [0.05, 0.1) is 29.2 Å². The van der Waals surface area contributed by atoms with Crippen molar-refractivity contribution >= 4 is 32.9 Å². The van der Waals surface area contributed by atoms with E-state index in [1.165, 1.54) is 12.1 Å². The lowest BCUT2D eigenvalue weighted by Crippen LogP contribution is -2.36. The molecule has 4 rings (SSSR count). The number of rotatable bonds is 4. The molecule has 10 heteroatoms. The van der Waals surface area contributed by atoms with Crippen LogP contribution in [0.25, 0.3) is 10.8 Å². The van der Waals surface area contributed by atoms with Crippen LogP contribution in [0.1, 0.15) is 21.6 Å². The van der Waals surface area contributed by atoms with Crippen LogP contribution in [0.15, 0.2) is 47.6 Å². The van der Waals surface area contributed by atoms with Gasteiger partial charge in [0.15, 0.2) is 5.84 Å². The van der Waals surface area contributed by atoms with Gasteiger partial charge in [-0.15, -0.1) is 11.3 Å². The van der Waals surface area contributed by atoms with E-state index in [1.807, 2.05) is 23.1 Å². The van der Waals surface area contributed by atoms with E-state index in [-0.39, 0.29) is 21.8 Å². The van der Waals surface area contributed by atoms with Crippen LogP contribution in [0, 0.1) is 11.3 Å². The second-order valence-electron chi connectivity index (χ2n) is 6.96. The Morgan fingerprint density at radius 3 is 2.55 bits per heavy atom. The summed E-state index contributed by atoms with van der Waals surface area (Å²) >= 11 is 1.01. The fraction of sp³-hybridized carbons (Fsp3) is 0.238. The second-order valence-corrected chi connectivity index (χ2v) is 7.96. The molecule has 0 radical (unpaired) electrons. The molecule has 0 spiro atoms. The fourth-order valence-corrected chi connectivity index (χ4v) is 4.96. The lowest BCUT2D eigenvalue weighted by molar-refractivity contribution is 0.0430. The van der Waals surface area contributed by atoms with Gasteiger partial charge < -0.3 is 20.9 Å². The molecule has 160 valence electrons. The summed E-state index contributed by atoms with van der Waals surface area (Å²) in [6.07, 6.45) is 0. The van der Waals surface area contributed by atoms with Gasteiger partial charge in [0.1, 0.15) is 11.1 Å². The Bertz CT molecular complexity index is 1180. The lowest BCUT2D eigenvalue weighted by Gasteiger charge is -2.28. The van der Waals surface area contributed by atoms with Crippen LogP contribution >= 0.6 is 11.3 Å². The fourth-order valence-electron chi connectivity index (χ4n) is 3.67. The number of hydrogen-bond acceptors (Lipinski definition) is 7. The van der Waals surface area contributed by atoms with Gasteiger partial charge in [-0.3, -0.25) is 0 Å². The third kappa shape index (κ3) is 3.67. The van der Waals surface area contributed by atoms with E-state index in [4.69, 9.17) is 16.4 Å². The summed E-state index contributed by atoms with van der Waals surface area (Å²) in [5, 5.41) is 15.4. The highest BCUT2D eigenvalue weighted by Crippen LogP contribution is 2.47. The minimum Gasteiger partial charge on any atom is -0.378 e. The molecule has 0 saturated carbocycles. The molecular formula is C21H20F2N6OS. The number of halogens is 2. The van der Waals surface area contributed by atoms with Crippen molar-refractivity contribution in [2.75, 3.05) is 31.2 Å². The maximum atomic E-state index is 16.0. The molecule has 1 aliphatic rings. The molecule has 1 fully saturated rings. The van der Waals surface area contributed by atoms with Crippen molar-refractivity contribution in [3.8, 4) is 6.07 Å². The average molecular weight is 442 g/mol. The maximum absolute atomic E-state index is 16.0. The van der Waals surface area contributed by atoms with Gasteiger partial charge in [-0.05, 0) is 16.8 Å². The number of ether oxygens (including phenoxy) is 1. The maximum Gasteiger partial charge on any atom is 0.301 e. The zero-order chi connectivity index (χ0) is 22.0. The Morgan fingerprint density at radius 2 is 1.90 bits per heavy atom. The number of morpholine rings is 1. The molecular weight excluding hydrogens is 422 g/mol. The minimum absolute atomic E-state index is 0.0289. The normalized spacial score (nSPS) is 15.2. The number of nitriles is 1. The number of nitrogens with zero attached hydrogens (tertiary/aromatic N) is 3. The summed E-state index contributed by atoms with van der Waals surface area (Å²) < 4.78 is 37.3. The first-order valence-electron chi connectivity index (χ1n) is 9.53. The van der Waals surface area contributed by atoms with Crippen LogP contribution < -0.4 is 22.0 Å². The topological polar surface area (TPSA) is 113 Å². The van der Waals surface area contributed by atoms with E-state index in [2.05, 4.69) is 10.5 Å². The molecule has 0 aliphatic carbocycles. The molecule has 0 atom stereocenters. The SMILES string of the molecule is N#Cc1c(N2CCOCC2)sc(/C(=N/N)NN)c1C(F)(F)c1ccc2ccccc2c1. The highest BCUT2D eigenvalue weighted by atomic mass is 32.1. The number of thiophene rings is 1. The number of hydrazine groups is 1. The number of nitrogens with two attached hydrogens (primary N) is 2. The van der Waals surface area contributed by atoms with Crippen LogP contribution in [-0.2, 0) is 10.7 Å². The van der Waals surface area contributed by atoms with Gasteiger partial charge >= 0.3 is 5.92 Å². The first-order chi connectivity index (χ1) is 15.0. The largest absolute Gasteiger partial charge is 0.378 e. The van der Waals surface area contributed by atoms with E-state index in [1.54, 1.807) is 18.2 Å². The van der Waals surface area contributed by atoms with Crippen molar-refractivity contribution < 1.29 is 13.5 Å². The molecule has 1 saturated heterocycles. The zero-order valence-corrected chi connectivity index (χ0v) is 17.3. The number of anilines is 1. The van der Waals surface area contributed by atoms with Gasteiger partial charge in [0.2, 0.25) is 0 Å². The molecule has 7 nitrogen and oxygen atoms in total. The van der Waals surface area contributed by atoms with Crippen LogP contribution in [0.2, 0.25) is 0 Å². The summed E-state index contributed by atoms with van der Waals surface area (Å²) in [4.78, 5) is 1.89. The predicted molar refractivity (Wildman–Crippen MR) is 117 cm³/mol. The smallest absolute Gasteiger partial charge is 0.301 e. The third-order valence-electron chi connectivity index (χ3n) is 5.21. The van der Waals surface area contributed by atoms with Crippen LogP contribution in [0.4, 0.5) is 13.8 Å². The van der Waals surface area contributed by atoms with E-state index in [0.29, 0.717) is 36.7 Å². The summed E-state index contributed by atoms with van der Waals surface area (Å²) in [5.41, 5.74) is 1.47. The Kier molecular flexibility index (Phi) is 5.73. The zero-order valence-electron chi connectivity index (χ0n) is 16.4. The van der Waals surface area contributed by atoms with Gasteiger partial charge in [-0.25, -0.2) is 5.84 Å². The molecule has 2 heterocycles. The minimum atomic E-state index is -3.49. The molecule has 3 aromatic rings. The number of alkyl halides is 2. The summed E-state index contributed by atoms with van der Waals surface area (Å²) in [6, 6.07) is 13.7. The Hall–Kier alpha value is -3.26. The van der Waals surface area contributed by atoms with E-state index < -0.39 is 11.5 Å². The van der Waals surface area contributed by atoms with Crippen molar-refractivity contribution in [3.63, 3.8) is 0 Å². The molecule has 2 aromatic carbocycles. The lowest BCUT2D eigenvalue weighted by atomic mass is 9.94. The van der Waals surface area contributed by atoms with E-state index >= 15 is 8.78 Å². The number of fused-ring (bicyclic) bond motifs is 1. The third-order valence-corrected chi connectivity index (χ3v) is 6.46. The number of benzene rings is 2. The average Bonchev–Trinajstić information content (AvgIpc) is 3.20. The Morgan fingerprint density at radius 1 is 1.19 bits per heavy atom. The van der Waals surface area contributed by atoms with E-state index in [0.717, 1.165) is 16.7 Å². The number of hydrazone groups is 1. The van der Waals surface area contributed by atoms with Crippen LogP contribution in [0.3, 0.4) is 0 Å². The highest BCUT2D eigenvalue weighted by Gasteiger charge is 2.43. The van der Waals surface area contributed by atoms with Crippen molar-refractivity contribution in [3.05, 3.63) is 64.0 Å². The molecule has 0 unspecified atom stereocenters. The van der Waals surface area contributed by atoms with Gasteiger partial charge in [0.25, 0.3) is 0 Å². The van der Waals surface area contributed by atoms with Crippen molar-refractivity contribution in [1.82, 2.24) is 5.43 Å². The van der Waals surface area contributed by atoms with Crippen LogP contribution in [0.5, 0.6) is 0 Å². The first-order valence-corrected chi connectivity index (χ1v) is 10.3. The van der Waals surface area contributed by atoms with Crippen molar-refractivity contribution in [1.29, 1.82) is 5.26 Å². The quantitative estimate of drug-likeness (QED) is 0.248. The first kappa shape index (κ1) is 21.0. The molecule has 0 amide bonds. The molecule has 1 aliphatic heterocycles. The van der Waals surface area contributed by atoms with Crippen molar-refractivity contribution in [2.45, 2.75) is 5.92 Å². The Labute approximate surface area is 181 Å². The van der Waals surface area contributed by atoms with Crippen molar-refractivity contribution in [2.24, 2.45) is 16.8 Å². The molecule has 1 aromatic heterocycles. The Balaban J connectivity index is 1.93. The van der Waals surface area contributed by atoms with E-state index in [9.17, 15) is 5.26 Å². The van der Waals surface area contributed by atoms with Gasteiger partial charge in [0, 0.05) is 18.7 Å². The van der Waals surface area contributed by atoms with Gasteiger partial charge in [-0.2, -0.15) is 19.1 Å². The summed E-state index contributed by atoms with van der Waals surface area (Å²) in [7, 11) is 0.